The Labute approximate surface area is 79.7 Å². The molecule has 3 nitrogen and oxygen atoms in total. The molecular weight excluding hydrogens is 188 g/mol. The zero-order valence-electron chi connectivity index (χ0n) is 7.53. The first kappa shape index (κ1) is 10.2. The summed E-state index contributed by atoms with van der Waals surface area (Å²) >= 11 is -2.22. The summed E-state index contributed by atoms with van der Waals surface area (Å²) in [5, 5.41) is 9.50. The summed E-state index contributed by atoms with van der Waals surface area (Å²) in [6, 6.07) is 2.95. The van der Waals surface area contributed by atoms with Gasteiger partial charge in [-0.15, -0.1) is 0 Å². The van der Waals surface area contributed by atoms with Gasteiger partial charge < -0.3 is 9.66 Å². The molecule has 0 aromatic heterocycles. The molecule has 0 bridgehead atoms. The van der Waals surface area contributed by atoms with E-state index in [1.54, 1.807) is 6.92 Å². The van der Waals surface area contributed by atoms with E-state index in [1.807, 2.05) is 6.92 Å². The van der Waals surface area contributed by atoms with Crippen LogP contribution in [0.2, 0.25) is 0 Å². The maximum absolute atomic E-state index is 10.7. The van der Waals surface area contributed by atoms with Gasteiger partial charge in [0.2, 0.25) is 0 Å². The molecule has 0 aliphatic heterocycles. The Morgan fingerprint density at radius 3 is 2.62 bits per heavy atom. The fraction of sp³-hybridized carbons (Fsp3) is 0.333. The number of rotatable bonds is 2. The van der Waals surface area contributed by atoms with Gasteiger partial charge in [0.25, 0.3) is 0 Å². The Hall–Kier alpha value is -0.870. The van der Waals surface area contributed by atoms with Crippen LogP contribution in [0.3, 0.4) is 0 Å². The van der Waals surface area contributed by atoms with Gasteiger partial charge in [-0.1, -0.05) is 6.92 Å². The molecule has 1 unspecified atom stereocenters. The van der Waals surface area contributed by atoms with E-state index in [1.165, 1.54) is 12.1 Å². The molecule has 0 aliphatic carbocycles. The van der Waals surface area contributed by atoms with Crippen molar-refractivity contribution in [3.8, 4) is 5.75 Å². The fourth-order valence-electron chi connectivity index (χ4n) is 1.18. The van der Waals surface area contributed by atoms with Crippen LogP contribution >= 0.6 is 0 Å². The Bertz CT molecular complexity index is 347. The molecular formula is C9H11O3S-. The van der Waals surface area contributed by atoms with E-state index in [2.05, 4.69) is 0 Å². The minimum atomic E-state index is -2.22. The summed E-state index contributed by atoms with van der Waals surface area (Å²) < 4.78 is 21.3. The molecule has 0 radical (unpaired) electrons. The van der Waals surface area contributed by atoms with Crippen LogP contribution in [0.4, 0.5) is 0 Å². The van der Waals surface area contributed by atoms with Crippen LogP contribution in [0.1, 0.15) is 18.1 Å². The molecule has 0 saturated carbocycles. The van der Waals surface area contributed by atoms with Gasteiger partial charge >= 0.3 is 0 Å². The van der Waals surface area contributed by atoms with E-state index in [-0.39, 0.29) is 10.6 Å². The Kier molecular flexibility index (Phi) is 3.06. The van der Waals surface area contributed by atoms with Crippen LogP contribution in [0.25, 0.3) is 0 Å². The second-order valence-corrected chi connectivity index (χ2v) is 3.78. The second kappa shape index (κ2) is 3.89. The van der Waals surface area contributed by atoms with Gasteiger partial charge in [-0.2, -0.15) is 0 Å². The van der Waals surface area contributed by atoms with Crippen LogP contribution in [0, 0.1) is 6.92 Å². The van der Waals surface area contributed by atoms with Crippen molar-refractivity contribution in [3.05, 3.63) is 23.3 Å². The number of hydrogen-bond acceptors (Lipinski definition) is 3. The third-order valence-electron chi connectivity index (χ3n) is 1.93. The Morgan fingerprint density at radius 1 is 1.54 bits per heavy atom. The number of aromatic hydroxyl groups is 1. The van der Waals surface area contributed by atoms with Gasteiger partial charge in [-0.25, -0.2) is 0 Å². The first-order valence-corrected chi connectivity index (χ1v) is 5.05. The summed E-state index contributed by atoms with van der Waals surface area (Å²) in [6.07, 6.45) is 0.623. The van der Waals surface area contributed by atoms with Crippen LogP contribution in [0.5, 0.6) is 5.75 Å². The largest absolute Gasteiger partial charge is 0.768 e. The van der Waals surface area contributed by atoms with Crippen molar-refractivity contribution >= 4 is 11.1 Å². The van der Waals surface area contributed by atoms with Crippen LogP contribution in [-0.2, 0) is 17.5 Å². The van der Waals surface area contributed by atoms with Gasteiger partial charge in [-0.05, 0) is 47.7 Å². The number of phenols is 1. The van der Waals surface area contributed by atoms with Crippen molar-refractivity contribution in [1.82, 2.24) is 0 Å². The third kappa shape index (κ3) is 2.08. The van der Waals surface area contributed by atoms with Gasteiger partial charge in [-0.3, -0.25) is 4.21 Å². The molecule has 1 atom stereocenters. The molecule has 0 spiro atoms. The highest BCUT2D eigenvalue weighted by atomic mass is 32.2. The van der Waals surface area contributed by atoms with E-state index in [0.29, 0.717) is 17.5 Å². The molecule has 0 aliphatic rings. The van der Waals surface area contributed by atoms with Gasteiger partial charge in [0.15, 0.2) is 0 Å². The molecule has 1 aromatic carbocycles. The van der Waals surface area contributed by atoms with Crippen molar-refractivity contribution in [1.29, 1.82) is 0 Å². The molecule has 72 valence electrons. The molecule has 4 heteroatoms. The first-order chi connectivity index (χ1) is 6.06. The normalized spacial score (nSPS) is 12.8. The molecule has 0 fully saturated rings. The van der Waals surface area contributed by atoms with Gasteiger partial charge in [0.05, 0.1) is 0 Å². The summed E-state index contributed by atoms with van der Waals surface area (Å²) in [5.74, 6) is 0.191. The Balaban J connectivity index is 3.30. The number of hydrogen-bond donors (Lipinski definition) is 1. The van der Waals surface area contributed by atoms with E-state index < -0.39 is 11.1 Å². The lowest BCUT2D eigenvalue weighted by Gasteiger charge is -2.10. The van der Waals surface area contributed by atoms with Crippen molar-refractivity contribution in [3.63, 3.8) is 0 Å². The highest BCUT2D eigenvalue weighted by Crippen LogP contribution is 2.25. The summed E-state index contributed by atoms with van der Waals surface area (Å²) in [5.41, 5.74) is 1.26. The monoisotopic (exact) mass is 199 g/mol. The maximum atomic E-state index is 10.7. The average Bonchev–Trinajstić information content (AvgIpc) is 2.09. The van der Waals surface area contributed by atoms with Crippen molar-refractivity contribution in [2.45, 2.75) is 25.2 Å². The Morgan fingerprint density at radius 2 is 2.15 bits per heavy atom. The van der Waals surface area contributed by atoms with Crippen LogP contribution < -0.4 is 0 Å². The highest BCUT2D eigenvalue weighted by Gasteiger charge is 2.05. The standard InChI is InChI=1S/C9H12O3S/c1-3-7-5-8(13(11)12)4-6(2)9(7)10/h4-5,10H,3H2,1-2H3,(H,11,12)/p-1. The molecule has 1 rings (SSSR count). The van der Waals surface area contributed by atoms with E-state index in [4.69, 9.17) is 0 Å². The molecule has 0 heterocycles. The molecule has 13 heavy (non-hydrogen) atoms. The predicted octanol–water partition coefficient (Wildman–Crippen LogP) is 1.50. The van der Waals surface area contributed by atoms with Gasteiger partial charge in [0, 0.05) is 4.90 Å². The zero-order valence-corrected chi connectivity index (χ0v) is 8.35. The topological polar surface area (TPSA) is 60.4 Å². The quantitative estimate of drug-likeness (QED) is 0.734. The molecule has 1 aromatic rings. The van der Waals surface area contributed by atoms with E-state index in [0.717, 1.165) is 0 Å². The van der Waals surface area contributed by atoms with E-state index in [9.17, 15) is 13.9 Å². The SMILES string of the molecule is CCc1cc(S(=O)[O-])cc(C)c1O. The highest BCUT2D eigenvalue weighted by molar-refractivity contribution is 7.79. The lowest BCUT2D eigenvalue weighted by Crippen LogP contribution is -1.93. The van der Waals surface area contributed by atoms with Crippen molar-refractivity contribution < 1.29 is 13.9 Å². The van der Waals surface area contributed by atoms with Crippen molar-refractivity contribution in [2.75, 3.05) is 0 Å². The zero-order chi connectivity index (χ0) is 10.0. The maximum Gasteiger partial charge on any atom is 0.121 e. The molecule has 1 N–H and O–H groups in total. The smallest absolute Gasteiger partial charge is 0.121 e. The number of benzene rings is 1. The number of aryl methyl sites for hydroxylation is 2. The summed E-state index contributed by atoms with van der Waals surface area (Å²) in [4.78, 5) is 0.229. The van der Waals surface area contributed by atoms with Crippen LogP contribution in [-0.4, -0.2) is 13.9 Å². The average molecular weight is 199 g/mol. The first-order valence-electron chi connectivity index (χ1n) is 3.98. The summed E-state index contributed by atoms with van der Waals surface area (Å²) in [7, 11) is 0. The summed E-state index contributed by atoms with van der Waals surface area (Å²) in [6.45, 7) is 3.55. The van der Waals surface area contributed by atoms with Crippen molar-refractivity contribution in [2.24, 2.45) is 0 Å². The minimum Gasteiger partial charge on any atom is -0.768 e. The van der Waals surface area contributed by atoms with E-state index >= 15 is 0 Å². The fourth-order valence-corrected chi connectivity index (χ4v) is 1.69. The number of phenolic OH excluding ortho intramolecular Hbond substituents is 1. The minimum absolute atomic E-state index is 0.191. The molecule has 0 amide bonds. The lowest BCUT2D eigenvalue weighted by atomic mass is 10.1. The van der Waals surface area contributed by atoms with Gasteiger partial charge in [0.1, 0.15) is 5.75 Å². The second-order valence-electron chi connectivity index (χ2n) is 2.84. The predicted molar refractivity (Wildman–Crippen MR) is 49.4 cm³/mol. The third-order valence-corrected chi connectivity index (χ3v) is 2.55. The molecule has 0 saturated heterocycles. The lowest BCUT2D eigenvalue weighted by molar-refractivity contribution is 0.463. The van der Waals surface area contributed by atoms with Crippen LogP contribution in [0.15, 0.2) is 17.0 Å².